The number of nitrogens with zero attached hydrogens (tertiary/aromatic N) is 5. The predicted molar refractivity (Wildman–Crippen MR) is 291 cm³/mol. The van der Waals surface area contributed by atoms with Crippen molar-refractivity contribution in [1.82, 2.24) is 9.47 Å². The predicted octanol–water partition coefficient (Wildman–Crippen LogP) is 11.9. The van der Waals surface area contributed by atoms with E-state index in [1.807, 2.05) is 115 Å². The summed E-state index contributed by atoms with van der Waals surface area (Å²) in [4.78, 5) is 6.58. The van der Waals surface area contributed by atoms with Crippen molar-refractivity contribution in [3.8, 4) is 22.4 Å². The minimum Gasteiger partial charge on any atom is -0.380 e. The Bertz CT molecular complexity index is 3120. The van der Waals surface area contributed by atoms with E-state index in [4.69, 9.17) is 16.1 Å². The summed E-state index contributed by atoms with van der Waals surface area (Å²) in [5, 5.41) is 4.06. The molecule has 0 aliphatic carbocycles. The molecule has 0 spiro atoms. The molecule has 0 saturated carbocycles. The van der Waals surface area contributed by atoms with Gasteiger partial charge in [-0.15, -0.1) is 11.8 Å². The van der Waals surface area contributed by atoms with Gasteiger partial charge in [-0.2, -0.15) is 13.2 Å². The Morgan fingerprint density at radius 2 is 1.45 bits per heavy atom. The van der Waals surface area contributed by atoms with E-state index in [2.05, 4.69) is 15.1 Å². The summed E-state index contributed by atoms with van der Waals surface area (Å²) < 4.78 is 123. The van der Waals surface area contributed by atoms with Crippen LogP contribution >= 0.6 is 31.7 Å². The summed E-state index contributed by atoms with van der Waals surface area (Å²) in [6.07, 6.45) is 2.39. The topological polar surface area (TPSA) is 107 Å². The average molecular weight is 1100 g/mol. The minimum atomic E-state index is -5.77. The zero-order valence-corrected chi connectivity index (χ0v) is 45.6. The number of aromatic nitrogens is 1. The molecule has 0 amide bonds. The lowest BCUT2D eigenvalue weighted by Gasteiger charge is -2.39. The molecule has 11 nitrogen and oxygen atoms in total. The third kappa shape index (κ3) is 12.3. The van der Waals surface area contributed by atoms with Gasteiger partial charge >= 0.3 is 5.51 Å². The van der Waals surface area contributed by atoms with Crippen LogP contribution in [0.4, 0.5) is 40.3 Å². The summed E-state index contributed by atoms with van der Waals surface area (Å²) in [6.45, 7) is 9.55. The average Bonchev–Trinajstić information content (AvgIpc) is 3.68. The molecule has 3 heterocycles. The zero-order valence-electron chi connectivity index (χ0n) is 41.5. The number of alkyl halides is 3. The van der Waals surface area contributed by atoms with Crippen LogP contribution < -0.4 is 25.1 Å². The fourth-order valence-electron chi connectivity index (χ4n) is 9.52. The van der Waals surface area contributed by atoms with Gasteiger partial charge in [-0.1, -0.05) is 41.9 Å². The molecule has 1 N–H and O–H groups in total. The van der Waals surface area contributed by atoms with E-state index >= 15 is 4.39 Å². The van der Waals surface area contributed by atoms with Gasteiger partial charge in [-0.05, 0) is 150 Å². The van der Waals surface area contributed by atoms with Gasteiger partial charge in [0, 0.05) is 100 Å². The van der Waals surface area contributed by atoms with Crippen LogP contribution in [0.5, 0.6) is 0 Å². The Balaban J connectivity index is 1.02. The highest BCUT2D eigenvalue weighted by Crippen LogP contribution is 2.49. The number of thioether (sulfide) groups is 1. The minimum absolute atomic E-state index is 0.111. The van der Waals surface area contributed by atoms with Gasteiger partial charge in [0.05, 0.1) is 27.8 Å². The van der Waals surface area contributed by atoms with Gasteiger partial charge in [0.1, 0.15) is 5.82 Å². The van der Waals surface area contributed by atoms with Crippen LogP contribution in [0.25, 0.3) is 22.4 Å². The smallest absolute Gasteiger partial charge is 0.380 e. The van der Waals surface area contributed by atoms with Gasteiger partial charge < -0.3 is 33.8 Å². The molecule has 2 saturated heterocycles. The van der Waals surface area contributed by atoms with Crippen LogP contribution in [0.2, 0.25) is 5.02 Å². The van der Waals surface area contributed by atoms with E-state index in [0.717, 1.165) is 27.9 Å². The normalized spacial score (nSPS) is 16.4. The van der Waals surface area contributed by atoms with Gasteiger partial charge in [0.2, 0.25) is 0 Å². The number of benzene rings is 5. The molecule has 2 aliphatic heterocycles. The van der Waals surface area contributed by atoms with Crippen LogP contribution in [0.3, 0.4) is 0 Å². The maximum absolute atomic E-state index is 15.8. The van der Waals surface area contributed by atoms with E-state index in [1.54, 1.807) is 36.9 Å². The molecular formula is C53H60ClF4N6O5PS3. The maximum atomic E-state index is 15.8. The maximum Gasteiger partial charge on any atom is 0.501 e. The van der Waals surface area contributed by atoms with E-state index in [0.29, 0.717) is 103 Å². The molecule has 390 valence electrons. The standard InChI is InChI=1S/C53H60ClF4N6O5PS3/c1-36(2)64-37(3)52(72(6,65)66)50(51(64)38-13-15-40(54)16-14-38)39-31-41(55)33-45(32-39)62-28-26-61(27-29-62)43-17-19-44(20-18-43)63-24-10-30-69-70(63)46-21-22-48(49(34-46)73(67,68)53(56,57)58)59-42(23-25-60(4)5)35-71-47-11-8-7-9-12-47/h7-9,11-22,31-34,36,42,59H,10,23-30,35H2,1-6H3/t42-,70+/m1/s1. The molecule has 2 fully saturated rings. The molecule has 6 aromatic rings. The van der Waals surface area contributed by atoms with E-state index in [-0.39, 0.29) is 22.7 Å². The molecule has 8 rings (SSSR count). The summed E-state index contributed by atoms with van der Waals surface area (Å²) in [5.74, 6) is -0.00193. The molecule has 0 unspecified atom stereocenters. The largest absolute Gasteiger partial charge is 0.501 e. The fourth-order valence-corrected chi connectivity index (χ4v) is 14.9. The SMILES string of the molecule is Cc1c(S(C)(=O)=O)c(-c2cc(F)cc(N3CCN(c4ccc(N5CCCO[P@@]5c5ccc(N[C@H](CCN(C)C)CSc6ccccc6)c(S(=O)(=O)C(F)(F)F)c5)cc4)CC3)c2)c(-c2ccc(Cl)cc2)n1C(C)C. The van der Waals surface area contributed by atoms with Crippen LogP contribution in [0.15, 0.2) is 130 Å². The lowest BCUT2D eigenvalue weighted by atomic mass is 9.99. The highest BCUT2D eigenvalue weighted by Gasteiger charge is 2.48. The van der Waals surface area contributed by atoms with Crippen LogP contribution in [0.1, 0.15) is 38.4 Å². The first-order valence-corrected chi connectivity index (χ1v) is 29.9. The number of sulfone groups is 2. The second kappa shape index (κ2) is 22.6. The van der Waals surface area contributed by atoms with Crippen molar-refractivity contribution < 1.29 is 38.9 Å². The Morgan fingerprint density at radius 3 is 2.07 bits per heavy atom. The first-order valence-electron chi connectivity index (χ1n) is 24.0. The van der Waals surface area contributed by atoms with Crippen molar-refractivity contribution in [2.75, 3.05) is 91.8 Å². The van der Waals surface area contributed by atoms with Crippen LogP contribution in [0, 0.1) is 12.7 Å². The van der Waals surface area contributed by atoms with Crippen molar-refractivity contribution in [3.05, 3.63) is 132 Å². The molecule has 20 heteroatoms. The molecule has 0 bridgehead atoms. The third-order valence-corrected chi connectivity index (χ3v) is 19.1. The number of hydrogen-bond acceptors (Lipinski definition) is 11. The quantitative estimate of drug-likeness (QED) is 0.0536. The Morgan fingerprint density at radius 1 is 0.808 bits per heavy atom. The lowest BCUT2D eigenvalue weighted by molar-refractivity contribution is -0.0435. The molecular weight excluding hydrogens is 1040 g/mol. The summed E-state index contributed by atoms with van der Waals surface area (Å²) in [5.41, 5.74) is -0.440. The summed E-state index contributed by atoms with van der Waals surface area (Å²) >= 11 is 7.81. The third-order valence-electron chi connectivity index (χ3n) is 12.9. The van der Waals surface area contributed by atoms with Gasteiger partial charge in [-0.3, -0.25) is 0 Å². The molecule has 0 radical (unpaired) electrons. The number of hydrogen-bond donors (Lipinski definition) is 1. The zero-order chi connectivity index (χ0) is 52.4. The van der Waals surface area contributed by atoms with Crippen molar-refractivity contribution in [1.29, 1.82) is 0 Å². The fraction of sp³-hybridized carbons (Fsp3) is 0.358. The number of piperazine rings is 1. The Labute approximate surface area is 437 Å². The lowest BCUT2D eigenvalue weighted by Crippen LogP contribution is -2.46. The Kier molecular flexibility index (Phi) is 16.8. The van der Waals surface area contributed by atoms with Crippen molar-refractivity contribution in [2.45, 2.75) is 65.9 Å². The van der Waals surface area contributed by atoms with E-state index in [1.165, 1.54) is 24.5 Å². The van der Waals surface area contributed by atoms with Gasteiger partial charge in [0.15, 0.2) is 18.1 Å². The summed E-state index contributed by atoms with van der Waals surface area (Å²) in [7, 11) is -7.46. The Hall–Kier alpha value is -4.81. The second-order valence-corrected chi connectivity index (χ2v) is 26.0. The van der Waals surface area contributed by atoms with Crippen molar-refractivity contribution >= 4 is 79.4 Å². The number of rotatable bonds is 17. The van der Waals surface area contributed by atoms with Crippen LogP contribution in [-0.4, -0.2) is 110 Å². The van der Waals surface area contributed by atoms with Crippen molar-refractivity contribution in [3.63, 3.8) is 0 Å². The molecule has 73 heavy (non-hydrogen) atoms. The number of nitrogens with one attached hydrogen (secondary N) is 1. The highest BCUT2D eigenvalue weighted by atomic mass is 35.5. The van der Waals surface area contributed by atoms with Gasteiger partial charge in [-0.25, -0.2) is 21.2 Å². The van der Waals surface area contributed by atoms with Crippen LogP contribution in [-0.2, 0) is 24.2 Å². The van der Waals surface area contributed by atoms with E-state index < -0.39 is 44.2 Å². The van der Waals surface area contributed by atoms with Gasteiger partial charge in [0.25, 0.3) is 9.84 Å². The molecule has 5 aromatic carbocycles. The number of anilines is 4. The first kappa shape index (κ1) is 54.5. The molecule has 2 atom stereocenters. The highest BCUT2D eigenvalue weighted by molar-refractivity contribution is 7.99. The first-order chi connectivity index (χ1) is 34.6. The second-order valence-electron chi connectivity index (χ2n) is 18.8. The monoisotopic (exact) mass is 1100 g/mol. The number of halogens is 5. The molecule has 1 aromatic heterocycles. The summed E-state index contributed by atoms with van der Waals surface area (Å²) in [6, 6.07) is 33.2. The van der Waals surface area contributed by atoms with Crippen molar-refractivity contribution in [2.24, 2.45) is 0 Å². The molecule has 2 aliphatic rings. The van der Waals surface area contributed by atoms with E-state index in [9.17, 15) is 30.0 Å².